The predicted molar refractivity (Wildman–Crippen MR) is 58.4 cm³/mol. The van der Waals surface area contributed by atoms with Crippen LogP contribution in [0.4, 0.5) is 8.78 Å². The Bertz CT molecular complexity index is 229. The second-order valence-electron chi connectivity index (χ2n) is 5.34. The van der Waals surface area contributed by atoms with Gasteiger partial charge in [0.25, 0.3) is 0 Å². The molecule has 1 aliphatic carbocycles. The van der Waals surface area contributed by atoms with Crippen LogP contribution >= 0.6 is 0 Å². The smallest absolute Gasteiger partial charge is 0.248 e. The van der Waals surface area contributed by atoms with Crippen molar-refractivity contribution >= 4 is 0 Å². The van der Waals surface area contributed by atoms with Crippen molar-refractivity contribution in [1.29, 1.82) is 0 Å². The molecular formula is C12H21F2NO. The lowest BCUT2D eigenvalue weighted by Crippen LogP contribution is -2.46. The average Bonchev–Trinajstić information content (AvgIpc) is 2.31. The predicted octanol–water partition coefficient (Wildman–Crippen LogP) is 2.57. The lowest BCUT2D eigenvalue weighted by atomic mass is 9.63. The van der Waals surface area contributed by atoms with Crippen molar-refractivity contribution in [3.63, 3.8) is 0 Å². The first-order chi connectivity index (χ1) is 7.58. The second kappa shape index (κ2) is 4.57. The number of halogens is 2. The lowest BCUT2D eigenvalue weighted by Gasteiger charge is -2.46. The van der Waals surface area contributed by atoms with Gasteiger partial charge in [-0.1, -0.05) is 0 Å². The molecule has 2 aliphatic rings. The third-order valence-corrected chi connectivity index (χ3v) is 4.41. The van der Waals surface area contributed by atoms with Gasteiger partial charge in [0, 0.05) is 26.1 Å². The number of hydrogen-bond acceptors (Lipinski definition) is 2. The normalized spacial score (nSPS) is 33.6. The first-order valence-electron chi connectivity index (χ1n) is 6.24. The van der Waals surface area contributed by atoms with Crippen LogP contribution in [0.3, 0.4) is 0 Å². The summed E-state index contributed by atoms with van der Waals surface area (Å²) in [5, 5.41) is 0. The van der Waals surface area contributed by atoms with Gasteiger partial charge in [0.15, 0.2) is 0 Å². The largest absolute Gasteiger partial charge is 0.381 e. The summed E-state index contributed by atoms with van der Waals surface area (Å²) in [7, 11) is 0. The summed E-state index contributed by atoms with van der Waals surface area (Å²) in [6, 6.07) is 0. The van der Waals surface area contributed by atoms with Crippen LogP contribution in [0.25, 0.3) is 0 Å². The monoisotopic (exact) mass is 233 g/mol. The van der Waals surface area contributed by atoms with E-state index in [1.54, 1.807) is 0 Å². The quantitative estimate of drug-likeness (QED) is 0.795. The van der Waals surface area contributed by atoms with Gasteiger partial charge in [0.1, 0.15) is 0 Å². The lowest BCUT2D eigenvalue weighted by molar-refractivity contribution is -0.0977. The summed E-state index contributed by atoms with van der Waals surface area (Å²) in [6.45, 7) is 2.05. The van der Waals surface area contributed by atoms with Crippen LogP contribution in [0.1, 0.15) is 38.5 Å². The number of hydrogen-bond donors (Lipinski definition) is 1. The molecular weight excluding hydrogens is 212 g/mol. The molecule has 1 aliphatic heterocycles. The maximum absolute atomic E-state index is 13.2. The van der Waals surface area contributed by atoms with Crippen LogP contribution in [-0.2, 0) is 4.74 Å². The minimum absolute atomic E-state index is 0.000694. The van der Waals surface area contributed by atoms with E-state index in [9.17, 15) is 8.78 Å². The molecule has 0 bridgehead atoms. The second-order valence-corrected chi connectivity index (χ2v) is 5.34. The number of nitrogens with two attached hydrogens (primary N) is 1. The summed E-state index contributed by atoms with van der Waals surface area (Å²) in [5.74, 6) is -2.07. The molecule has 2 N–H and O–H groups in total. The van der Waals surface area contributed by atoms with E-state index in [4.69, 9.17) is 10.5 Å². The van der Waals surface area contributed by atoms with E-state index < -0.39 is 5.92 Å². The molecule has 1 heterocycles. The standard InChI is InChI=1S/C12H21F2NO/c13-12(14)5-3-11(9-15,4-6-12)10-2-1-7-16-8-10/h10H,1-9,15H2. The fraction of sp³-hybridized carbons (Fsp3) is 1.00. The van der Waals surface area contributed by atoms with Crippen molar-refractivity contribution in [1.82, 2.24) is 0 Å². The Balaban J connectivity index is 2.02. The Hall–Kier alpha value is -0.220. The van der Waals surface area contributed by atoms with Crippen LogP contribution < -0.4 is 5.73 Å². The minimum atomic E-state index is -2.46. The van der Waals surface area contributed by atoms with E-state index in [1.165, 1.54) is 0 Å². The number of alkyl halides is 2. The molecule has 4 heteroatoms. The highest BCUT2D eigenvalue weighted by molar-refractivity contribution is 4.94. The molecule has 0 aromatic rings. The van der Waals surface area contributed by atoms with Gasteiger partial charge in [0.2, 0.25) is 5.92 Å². The molecule has 0 spiro atoms. The molecule has 0 aromatic heterocycles. The first-order valence-corrected chi connectivity index (χ1v) is 6.24. The summed E-state index contributed by atoms with van der Waals surface area (Å²) < 4.78 is 31.8. The SMILES string of the molecule is NCC1(C2CCCOC2)CCC(F)(F)CC1. The molecule has 2 nitrogen and oxygen atoms in total. The fourth-order valence-electron chi connectivity index (χ4n) is 3.12. The van der Waals surface area contributed by atoms with E-state index in [-0.39, 0.29) is 18.3 Å². The highest BCUT2D eigenvalue weighted by atomic mass is 19.3. The van der Waals surface area contributed by atoms with Crippen LogP contribution in [0.5, 0.6) is 0 Å². The Labute approximate surface area is 95.5 Å². The molecule has 0 aromatic carbocycles. The van der Waals surface area contributed by atoms with Gasteiger partial charge in [-0.3, -0.25) is 0 Å². The molecule has 1 saturated carbocycles. The Morgan fingerprint density at radius 2 is 1.88 bits per heavy atom. The first kappa shape index (κ1) is 12.2. The summed E-state index contributed by atoms with van der Waals surface area (Å²) in [4.78, 5) is 0. The molecule has 0 radical (unpaired) electrons. The topological polar surface area (TPSA) is 35.2 Å². The van der Waals surface area contributed by atoms with Gasteiger partial charge in [-0.25, -0.2) is 8.78 Å². The van der Waals surface area contributed by atoms with Gasteiger partial charge < -0.3 is 10.5 Å². The zero-order valence-electron chi connectivity index (χ0n) is 9.68. The maximum atomic E-state index is 13.2. The zero-order valence-corrected chi connectivity index (χ0v) is 9.68. The van der Waals surface area contributed by atoms with Gasteiger partial charge in [-0.2, -0.15) is 0 Å². The highest BCUT2D eigenvalue weighted by Gasteiger charge is 2.46. The average molecular weight is 233 g/mol. The Morgan fingerprint density at radius 3 is 2.38 bits per heavy atom. The summed E-state index contributed by atoms with van der Waals surface area (Å²) >= 11 is 0. The fourth-order valence-corrected chi connectivity index (χ4v) is 3.12. The van der Waals surface area contributed by atoms with Gasteiger partial charge in [-0.05, 0) is 43.6 Å². The van der Waals surface area contributed by atoms with Crippen molar-refractivity contribution in [2.24, 2.45) is 17.1 Å². The van der Waals surface area contributed by atoms with Crippen molar-refractivity contribution in [2.75, 3.05) is 19.8 Å². The third-order valence-electron chi connectivity index (χ3n) is 4.41. The van der Waals surface area contributed by atoms with E-state index >= 15 is 0 Å². The maximum Gasteiger partial charge on any atom is 0.248 e. The third kappa shape index (κ3) is 2.38. The Kier molecular flexibility index (Phi) is 3.50. The van der Waals surface area contributed by atoms with Crippen molar-refractivity contribution in [3.05, 3.63) is 0 Å². The van der Waals surface area contributed by atoms with Crippen LogP contribution in [0.2, 0.25) is 0 Å². The Morgan fingerprint density at radius 1 is 1.19 bits per heavy atom. The molecule has 2 rings (SSSR count). The molecule has 94 valence electrons. The van der Waals surface area contributed by atoms with E-state index in [0.717, 1.165) is 19.4 Å². The number of rotatable bonds is 2. The van der Waals surface area contributed by atoms with Crippen LogP contribution in [-0.4, -0.2) is 25.7 Å². The summed E-state index contributed by atoms with van der Waals surface area (Å²) in [5.41, 5.74) is 5.78. The molecule has 0 amide bonds. The van der Waals surface area contributed by atoms with Crippen LogP contribution in [0, 0.1) is 11.3 Å². The van der Waals surface area contributed by atoms with E-state index in [2.05, 4.69) is 0 Å². The van der Waals surface area contributed by atoms with Gasteiger partial charge >= 0.3 is 0 Å². The van der Waals surface area contributed by atoms with Gasteiger partial charge in [0.05, 0.1) is 0 Å². The summed E-state index contributed by atoms with van der Waals surface area (Å²) in [6.07, 6.45) is 3.25. The minimum Gasteiger partial charge on any atom is -0.381 e. The zero-order chi connectivity index (χ0) is 11.6. The van der Waals surface area contributed by atoms with E-state index in [1.807, 2.05) is 0 Å². The molecule has 1 atom stereocenters. The molecule has 16 heavy (non-hydrogen) atoms. The van der Waals surface area contributed by atoms with Crippen molar-refractivity contribution in [3.8, 4) is 0 Å². The van der Waals surface area contributed by atoms with Gasteiger partial charge in [-0.15, -0.1) is 0 Å². The highest BCUT2D eigenvalue weighted by Crippen LogP contribution is 2.49. The van der Waals surface area contributed by atoms with Crippen molar-refractivity contribution < 1.29 is 13.5 Å². The molecule has 2 fully saturated rings. The molecule has 1 unspecified atom stereocenters. The number of ether oxygens (including phenoxy) is 1. The van der Waals surface area contributed by atoms with Crippen molar-refractivity contribution in [2.45, 2.75) is 44.4 Å². The molecule has 1 saturated heterocycles. The van der Waals surface area contributed by atoms with Crippen LogP contribution in [0.15, 0.2) is 0 Å². The van der Waals surface area contributed by atoms with E-state index in [0.29, 0.717) is 31.9 Å².